The van der Waals surface area contributed by atoms with Crippen molar-refractivity contribution in [1.82, 2.24) is 9.46 Å². The molecule has 0 bridgehead atoms. The molecule has 0 fully saturated rings. The zero-order valence-corrected chi connectivity index (χ0v) is 15.1. The van der Waals surface area contributed by atoms with Crippen LogP contribution in [0.25, 0.3) is 10.8 Å². The summed E-state index contributed by atoms with van der Waals surface area (Å²) in [7, 11) is -3.80. The summed E-state index contributed by atoms with van der Waals surface area (Å²) in [4.78, 5) is 12.4. The van der Waals surface area contributed by atoms with Gasteiger partial charge in [-0.25, -0.2) is 8.42 Å². The van der Waals surface area contributed by atoms with E-state index in [2.05, 4.69) is 15.0 Å². The fraction of sp³-hybridized carbons (Fsp3) is 0.222. The number of anilines is 1. The summed E-state index contributed by atoms with van der Waals surface area (Å²) in [5.74, 6) is -0.230. The molecule has 1 amide bonds. The van der Waals surface area contributed by atoms with E-state index in [0.717, 1.165) is 10.8 Å². The molecule has 136 valence electrons. The van der Waals surface area contributed by atoms with Crippen LogP contribution in [0.1, 0.15) is 13.3 Å². The van der Waals surface area contributed by atoms with Crippen molar-refractivity contribution in [2.45, 2.75) is 18.2 Å². The minimum atomic E-state index is -3.80. The molecule has 3 rings (SSSR count). The Bertz CT molecular complexity index is 1000. The Hall–Kier alpha value is -2.71. The standard InChI is InChI=1S/C18H19N3O4S/c1-2-10-21(13-18(22)19-17-9-11-25-20-17)26(23,24)16-8-7-14-5-3-4-6-15(14)12-16/h3-9,11-12H,2,10,13H2,1H3,(H,19,20,22). The van der Waals surface area contributed by atoms with Crippen molar-refractivity contribution in [2.75, 3.05) is 18.4 Å². The number of hydrogen-bond donors (Lipinski definition) is 1. The molecule has 26 heavy (non-hydrogen) atoms. The quantitative estimate of drug-likeness (QED) is 0.687. The molecule has 1 aromatic heterocycles. The first-order chi connectivity index (χ1) is 12.5. The van der Waals surface area contributed by atoms with Gasteiger partial charge in [0.25, 0.3) is 0 Å². The Morgan fingerprint density at radius 2 is 1.92 bits per heavy atom. The summed E-state index contributed by atoms with van der Waals surface area (Å²) < 4.78 is 31.9. The first-order valence-corrected chi connectivity index (χ1v) is 9.64. The van der Waals surface area contributed by atoms with Crippen LogP contribution in [-0.2, 0) is 14.8 Å². The number of carbonyl (C=O) groups is 1. The first-order valence-electron chi connectivity index (χ1n) is 8.20. The highest BCUT2D eigenvalue weighted by Gasteiger charge is 2.26. The van der Waals surface area contributed by atoms with Crippen LogP contribution in [0.2, 0.25) is 0 Å². The molecule has 0 unspecified atom stereocenters. The molecule has 0 aliphatic carbocycles. The van der Waals surface area contributed by atoms with E-state index >= 15 is 0 Å². The molecule has 1 N–H and O–H groups in total. The lowest BCUT2D eigenvalue weighted by atomic mass is 10.1. The van der Waals surface area contributed by atoms with Gasteiger partial charge in [-0.2, -0.15) is 4.31 Å². The Balaban J connectivity index is 1.85. The molecule has 3 aromatic rings. The van der Waals surface area contributed by atoms with E-state index in [1.165, 1.54) is 16.6 Å². The minimum absolute atomic E-state index is 0.166. The summed E-state index contributed by atoms with van der Waals surface area (Å²) in [6, 6.07) is 14.0. The van der Waals surface area contributed by atoms with E-state index in [1.54, 1.807) is 18.2 Å². The molecular weight excluding hydrogens is 354 g/mol. The number of nitrogens with zero attached hydrogens (tertiary/aromatic N) is 2. The maximum atomic E-state index is 13.0. The van der Waals surface area contributed by atoms with Gasteiger partial charge in [-0.15, -0.1) is 0 Å². The molecule has 1 heterocycles. The number of benzene rings is 2. The summed E-state index contributed by atoms with van der Waals surface area (Å²) in [5, 5.41) is 7.89. The number of hydrogen-bond acceptors (Lipinski definition) is 5. The fourth-order valence-corrected chi connectivity index (χ4v) is 4.15. The Kier molecular flexibility index (Phi) is 5.34. The van der Waals surface area contributed by atoms with Gasteiger partial charge in [0.15, 0.2) is 5.82 Å². The molecule has 0 saturated heterocycles. The van der Waals surface area contributed by atoms with Crippen molar-refractivity contribution in [1.29, 1.82) is 0 Å². The van der Waals surface area contributed by atoms with E-state index in [-0.39, 0.29) is 23.8 Å². The van der Waals surface area contributed by atoms with Crippen LogP contribution >= 0.6 is 0 Å². The highest BCUT2D eigenvalue weighted by molar-refractivity contribution is 7.89. The highest BCUT2D eigenvalue weighted by atomic mass is 32.2. The monoisotopic (exact) mass is 373 g/mol. The Labute approximate surface area is 151 Å². The second-order valence-corrected chi connectivity index (χ2v) is 7.72. The molecule has 2 aromatic carbocycles. The van der Waals surface area contributed by atoms with E-state index in [9.17, 15) is 13.2 Å². The fourth-order valence-electron chi connectivity index (χ4n) is 2.63. The van der Waals surface area contributed by atoms with Gasteiger partial charge in [-0.05, 0) is 29.3 Å². The predicted octanol–water partition coefficient (Wildman–Crippen LogP) is 2.87. The van der Waals surface area contributed by atoms with Crippen molar-refractivity contribution in [3.8, 4) is 0 Å². The van der Waals surface area contributed by atoms with Gasteiger partial charge in [-0.1, -0.05) is 42.4 Å². The molecule has 0 atom stereocenters. The smallest absolute Gasteiger partial charge is 0.243 e. The number of aromatic nitrogens is 1. The summed E-state index contributed by atoms with van der Waals surface area (Å²) in [5.41, 5.74) is 0. The van der Waals surface area contributed by atoms with Gasteiger partial charge >= 0.3 is 0 Å². The third-order valence-electron chi connectivity index (χ3n) is 3.86. The second kappa shape index (κ2) is 7.67. The maximum Gasteiger partial charge on any atom is 0.243 e. The lowest BCUT2D eigenvalue weighted by Gasteiger charge is -2.21. The number of nitrogens with one attached hydrogen (secondary N) is 1. The predicted molar refractivity (Wildman–Crippen MR) is 98.1 cm³/mol. The lowest BCUT2D eigenvalue weighted by molar-refractivity contribution is -0.116. The average Bonchev–Trinajstić information content (AvgIpc) is 3.13. The van der Waals surface area contributed by atoms with Gasteiger partial charge in [0.2, 0.25) is 15.9 Å². The number of carbonyl (C=O) groups excluding carboxylic acids is 1. The zero-order chi connectivity index (χ0) is 18.6. The third-order valence-corrected chi connectivity index (χ3v) is 5.70. The van der Waals surface area contributed by atoms with Crippen molar-refractivity contribution in [2.24, 2.45) is 0 Å². The highest BCUT2D eigenvalue weighted by Crippen LogP contribution is 2.22. The van der Waals surface area contributed by atoms with Crippen LogP contribution < -0.4 is 5.32 Å². The Morgan fingerprint density at radius 3 is 2.62 bits per heavy atom. The number of amides is 1. The summed E-state index contributed by atoms with van der Waals surface area (Å²) >= 11 is 0. The van der Waals surface area contributed by atoms with E-state index in [4.69, 9.17) is 0 Å². The van der Waals surface area contributed by atoms with Crippen molar-refractivity contribution in [3.05, 3.63) is 54.8 Å². The van der Waals surface area contributed by atoms with Gasteiger partial charge in [0, 0.05) is 12.6 Å². The van der Waals surface area contributed by atoms with Crippen molar-refractivity contribution in [3.63, 3.8) is 0 Å². The first kappa shape index (κ1) is 18.1. The molecule has 0 radical (unpaired) electrons. The van der Waals surface area contributed by atoms with Crippen molar-refractivity contribution < 1.29 is 17.7 Å². The molecule has 0 saturated carbocycles. The summed E-state index contributed by atoms with van der Waals surface area (Å²) in [6.07, 6.45) is 1.91. The molecule has 0 spiro atoms. The minimum Gasteiger partial charge on any atom is -0.363 e. The topological polar surface area (TPSA) is 92.5 Å². The SMILES string of the molecule is CCCN(CC(=O)Nc1ccon1)S(=O)(=O)c1ccc2ccccc2c1. The van der Waals surface area contributed by atoms with Crippen LogP contribution in [0, 0.1) is 0 Å². The van der Waals surface area contributed by atoms with Gasteiger partial charge in [0.1, 0.15) is 6.26 Å². The van der Waals surface area contributed by atoms with E-state index in [1.807, 2.05) is 31.2 Å². The number of rotatable bonds is 7. The van der Waals surface area contributed by atoms with Gasteiger partial charge in [-0.3, -0.25) is 4.79 Å². The van der Waals surface area contributed by atoms with E-state index in [0.29, 0.717) is 6.42 Å². The van der Waals surface area contributed by atoms with Crippen molar-refractivity contribution >= 4 is 32.5 Å². The van der Waals surface area contributed by atoms with Crippen LogP contribution in [0.15, 0.2) is 64.2 Å². The molecule has 0 aliphatic rings. The van der Waals surface area contributed by atoms with Crippen LogP contribution in [0.5, 0.6) is 0 Å². The van der Waals surface area contributed by atoms with Gasteiger partial charge in [0.05, 0.1) is 11.4 Å². The van der Waals surface area contributed by atoms with Crippen LogP contribution in [0.4, 0.5) is 5.82 Å². The lowest BCUT2D eigenvalue weighted by Crippen LogP contribution is -2.38. The zero-order valence-electron chi connectivity index (χ0n) is 14.3. The normalized spacial score (nSPS) is 11.8. The largest absolute Gasteiger partial charge is 0.363 e. The van der Waals surface area contributed by atoms with Crippen LogP contribution in [0.3, 0.4) is 0 Å². The summed E-state index contributed by atoms with van der Waals surface area (Å²) in [6.45, 7) is 1.80. The second-order valence-electron chi connectivity index (χ2n) is 5.78. The van der Waals surface area contributed by atoms with Crippen LogP contribution in [-0.4, -0.2) is 36.9 Å². The van der Waals surface area contributed by atoms with Gasteiger partial charge < -0.3 is 9.84 Å². The molecular formula is C18H19N3O4S. The Morgan fingerprint density at radius 1 is 1.15 bits per heavy atom. The maximum absolute atomic E-state index is 13.0. The molecule has 8 heteroatoms. The van der Waals surface area contributed by atoms with E-state index < -0.39 is 15.9 Å². The molecule has 7 nitrogen and oxygen atoms in total. The molecule has 0 aliphatic heterocycles. The number of sulfonamides is 1. The third kappa shape index (κ3) is 3.92. The average molecular weight is 373 g/mol. The number of fused-ring (bicyclic) bond motifs is 1.